The van der Waals surface area contributed by atoms with Crippen LogP contribution in [0.15, 0.2) is 53.6 Å². The number of benzene rings is 2. The minimum atomic E-state index is -3.09. The van der Waals surface area contributed by atoms with E-state index in [-0.39, 0.29) is 28.4 Å². The molecule has 0 aromatic heterocycles. The maximum absolute atomic E-state index is 13.6. The number of hydrogen-bond acceptors (Lipinski definition) is 4. The van der Waals surface area contributed by atoms with Gasteiger partial charge in [-0.3, -0.25) is 9.59 Å². The summed E-state index contributed by atoms with van der Waals surface area (Å²) in [6.07, 6.45) is 0. The van der Waals surface area contributed by atoms with Crippen LogP contribution in [0.5, 0.6) is 5.75 Å². The molecule has 1 aliphatic rings. The first kappa shape index (κ1) is 22.3. The molecule has 0 fully saturated rings. The molecule has 0 saturated heterocycles. The third kappa shape index (κ3) is 4.68. The topological polar surface area (TPSA) is 62.2 Å². The zero-order valence-corrected chi connectivity index (χ0v) is 16.9. The number of rotatable bonds is 6. The summed E-state index contributed by atoms with van der Waals surface area (Å²) in [4.78, 5) is 27.0. The third-order valence-corrected chi connectivity index (χ3v) is 4.76. The van der Waals surface area contributed by atoms with Gasteiger partial charge >= 0.3 is 6.61 Å². The summed E-state index contributed by atoms with van der Waals surface area (Å²) in [6.45, 7) is -0.733. The van der Waals surface area contributed by atoms with E-state index in [9.17, 15) is 27.2 Å². The van der Waals surface area contributed by atoms with Crippen molar-refractivity contribution in [2.75, 3.05) is 17.0 Å². The Labute approximate surface area is 175 Å². The van der Waals surface area contributed by atoms with Crippen LogP contribution in [0.3, 0.4) is 0 Å². The molecule has 6 nitrogen and oxygen atoms in total. The Hall–Kier alpha value is -3.43. The third-order valence-electron chi connectivity index (χ3n) is 4.76. The van der Waals surface area contributed by atoms with Gasteiger partial charge in [-0.25, -0.2) is 8.78 Å². The van der Waals surface area contributed by atoms with E-state index in [1.807, 2.05) is 0 Å². The van der Waals surface area contributed by atoms with Crippen molar-refractivity contribution in [3.8, 4) is 5.75 Å². The lowest BCUT2D eigenvalue weighted by Crippen LogP contribution is -2.41. The van der Waals surface area contributed by atoms with Crippen molar-refractivity contribution >= 4 is 28.9 Å². The molecule has 0 radical (unpaired) electrons. The van der Waals surface area contributed by atoms with Crippen LogP contribution in [0, 0.1) is 5.92 Å². The lowest BCUT2D eigenvalue weighted by atomic mass is 10.0. The molecule has 164 valence electrons. The number of ether oxygens (including phenoxy) is 1. The molecule has 2 aromatic carbocycles. The summed E-state index contributed by atoms with van der Waals surface area (Å²) in [5, 5.41) is 5.10. The van der Waals surface area contributed by atoms with E-state index in [1.165, 1.54) is 62.5 Å². The molecule has 10 heteroatoms. The molecule has 2 amide bonds. The van der Waals surface area contributed by atoms with Crippen LogP contribution < -0.4 is 14.6 Å². The summed E-state index contributed by atoms with van der Waals surface area (Å²) >= 11 is 0. The second-order valence-electron chi connectivity index (χ2n) is 7.03. The van der Waals surface area contributed by atoms with E-state index < -0.39 is 30.3 Å². The summed E-state index contributed by atoms with van der Waals surface area (Å²) in [7, 11) is 1.38. The standard InChI is InChI=1S/C21H19F4N3O3/c1-12-17(18(29)27(3)15-6-4-5-13(11-15)21(2,24)25)19(30)28(26-12)14-7-9-16(10-8-14)31-20(22)23/h4-11,17,20H,1-3H3. The van der Waals surface area contributed by atoms with Crippen molar-refractivity contribution in [1.82, 2.24) is 0 Å². The number of nitrogens with zero attached hydrogens (tertiary/aromatic N) is 3. The number of carbonyl (C=O) groups is 2. The molecule has 1 atom stereocenters. The summed E-state index contributed by atoms with van der Waals surface area (Å²) in [6, 6.07) is 10.5. The van der Waals surface area contributed by atoms with Gasteiger partial charge in [0.05, 0.1) is 11.4 Å². The second-order valence-corrected chi connectivity index (χ2v) is 7.03. The largest absolute Gasteiger partial charge is 0.435 e. The van der Waals surface area contributed by atoms with Crippen LogP contribution in [0.2, 0.25) is 0 Å². The van der Waals surface area contributed by atoms with Gasteiger partial charge in [-0.15, -0.1) is 0 Å². The predicted octanol–water partition coefficient (Wildman–Crippen LogP) is 4.40. The van der Waals surface area contributed by atoms with Gasteiger partial charge in [0.2, 0.25) is 5.91 Å². The summed E-state index contributed by atoms with van der Waals surface area (Å²) in [5.74, 6) is -5.70. The lowest BCUT2D eigenvalue weighted by molar-refractivity contribution is -0.128. The molecule has 1 aliphatic heterocycles. The first-order valence-corrected chi connectivity index (χ1v) is 9.19. The van der Waals surface area contributed by atoms with Gasteiger partial charge in [0.25, 0.3) is 11.8 Å². The first-order valence-electron chi connectivity index (χ1n) is 9.19. The van der Waals surface area contributed by atoms with Crippen molar-refractivity contribution in [3.63, 3.8) is 0 Å². The molecular formula is C21H19F4N3O3. The monoisotopic (exact) mass is 437 g/mol. The molecule has 31 heavy (non-hydrogen) atoms. The van der Waals surface area contributed by atoms with E-state index in [0.29, 0.717) is 0 Å². The van der Waals surface area contributed by atoms with Crippen molar-refractivity contribution < 1.29 is 31.9 Å². The SMILES string of the molecule is CC1=NN(c2ccc(OC(F)F)cc2)C(=O)C1C(=O)N(C)c1cccc(C(C)(F)F)c1. The zero-order chi connectivity index (χ0) is 22.9. The van der Waals surface area contributed by atoms with Crippen molar-refractivity contribution in [2.45, 2.75) is 26.4 Å². The lowest BCUT2D eigenvalue weighted by Gasteiger charge is -2.22. The smallest absolute Gasteiger partial charge is 0.387 e. The molecular weight excluding hydrogens is 418 g/mol. The minimum Gasteiger partial charge on any atom is -0.435 e. The van der Waals surface area contributed by atoms with Gasteiger partial charge in [-0.2, -0.15) is 18.9 Å². The Morgan fingerprint density at radius 1 is 1.19 bits per heavy atom. The highest BCUT2D eigenvalue weighted by atomic mass is 19.3. The molecule has 0 spiro atoms. The molecule has 0 aliphatic carbocycles. The number of amides is 2. The Bertz CT molecular complexity index is 1020. The van der Waals surface area contributed by atoms with Gasteiger partial charge in [-0.1, -0.05) is 12.1 Å². The minimum absolute atomic E-state index is 0.0916. The van der Waals surface area contributed by atoms with E-state index >= 15 is 0 Å². The molecule has 1 heterocycles. The number of hydrogen-bond donors (Lipinski definition) is 0. The molecule has 0 N–H and O–H groups in total. The van der Waals surface area contributed by atoms with Gasteiger partial charge in [0, 0.05) is 25.2 Å². The van der Waals surface area contributed by atoms with Gasteiger partial charge in [-0.05, 0) is 43.3 Å². The summed E-state index contributed by atoms with van der Waals surface area (Å²) in [5.41, 5.74) is 0.417. The number of carbonyl (C=O) groups excluding carboxylic acids is 2. The fourth-order valence-electron chi connectivity index (χ4n) is 3.11. The molecule has 0 bridgehead atoms. The van der Waals surface area contributed by atoms with E-state index in [4.69, 9.17) is 0 Å². The van der Waals surface area contributed by atoms with Crippen molar-refractivity contribution in [2.24, 2.45) is 11.0 Å². The van der Waals surface area contributed by atoms with Crippen molar-refractivity contribution in [1.29, 1.82) is 0 Å². The van der Waals surface area contributed by atoms with Crippen LogP contribution in [-0.2, 0) is 15.5 Å². The van der Waals surface area contributed by atoms with E-state index in [2.05, 4.69) is 9.84 Å². The van der Waals surface area contributed by atoms with E-state index in [0.717, 1.165) is 16.8 Å². The Balaban J connectivity index is 1.80. The Kier molecular flexibility index (Phi) is 6.01. The Morgan fingerprint density at radius 3 is 2.42 bits per heavy atom. The normalized spacial score (nSPS) is 16.5. The highest BCUT2D eigenvalue weighted by molar-refractivity contribution is 6.29. The van der Waals surface area contributed by atoms with Crippen LogP contribution in [0.25, 0.3) is 0 Å². The van der Waals surface area contributed by atoms with Crippen LogP contribution >= 0.6 is 0 Å². The van der Waals surface area contributed by atoms with Gasteiger partial charge in [0.1, 0.15) is 5.75 Å². The highest BCUT2D eigenvalue weighted by Gasteiger charge is 2.41. The van der Waals surface area contributed by atoms with Gasteiger partial charge in [0.15, 0.2) is 5.92 Å². The summed E-state index contributed by atoms with van der Waals surface area (Å²) < 4.78 is 56.1. The van der Waals surface area contributed by atoms with Crippen LogP contribution in [-0.4, -0.2) is 31.2 Å². The average molecular weight is 437 g/mol. The maximum atomic E-state index is 13.6. The fourth-order valence-corrected chi connectivity index (χ4v) is 3.11. The number of halogens is 4. The molecule has 1 unspecified atom stereocenters. The molecule has 2 aromatic rings. The average Bonchev–Trinajstić information content (AvgIpc) is 3.00. The van der Waals surface area contributed by atoms with Gasteiger partial charge < -0.3 is 9.64 Å². The van der Waals surface area contributed by atoms with Crippen LogP contribution in [0.4, 0.5) is 28.9 Å². The maximum Gasteiger partial charge on any atom is 0.387 e. The van der Waals surface area contributed by atoms with Crippen LogP contribution in [0.1, 0.15) is 19.4 Å². The number of hydrazone groups is 1. The number of alkyl halides is 4. The first-order chi connectivity index (χ1) is 14.5. The predicted molar refractivity (Wildman–Crippen MR) is 107 cm³/mol. The quantitative estimate of drug-likeness (QED) is 0.497. The number of anilines is 2. The zero-order valence-electron chi connectivity index (χ0n) is 16.9. The second kappa shape index (κ2) is 8.37. The molecule has 3 rings (SSSR count). The Morgan fingerprint density at radius 2 is 1.84 bits per heavy atom. The fraction of sp³-hybridized carbons (Fsp3) is 0.286. The highest BCUT2D eigenvalue weighted by Crippen LogP contribution is 2.31. The van der Waals surface area contributed by atoms with Crippen molar-refractivity contribution in [3.05, 3.63) is 54.1 Å². The molecule has 0 saturated carbocycles. The van der Waals surface area contributed by atoms with E-state index in [1.54, 1.807) is 0 Å².